The summed E-state index contributed by atoms with van der Waals surface area (Å²) in [6.45, 7) is 1.88. The maximum atomic E-state index is 12.6. The fourth-order valence-electron chi connectivity index (χ4n) is 1.54. The Hall–Kier alpha value is -1.53. The first-order chi connectivity index (χ1) is 7.94. The highest BCUT2D eigenvalue weighted by atomic mass is 19.4. The summed E-state index contributed by atoms with van der Waals surface area (Å²) in [4.78, 5) is 11.0. The van der Waals surface area contributed by atoms with Gasteiger partial charge in [-0.05, 0) is 31.5 Å². The van der Waals surface area contributed by atoms with Crippen molar-refractivity contribution in [3.63, 3.8) is 0 Å². The molecule has 0 aliphatic carbocycles. The molecule has 0 bridgehead atoms. The Morgan fingerprint density at radius 2 is 1.39 bits per heavy atom. The Labute approximate surface area is 98.4 Å². The van der Waals surface area contributed by atoms with Crippen molar-refractivity contribution in [2.45, 2.75) is 26.2 Å². The number of Topliss-reactive ketones (excluding diaryl/α,β-unsaturated/α-hetero) is 1. The predicted molar refractivity (Wildman–Crippen MR) is 51.2 cm³/mol. The summed E-state index contributed by atoms with van der Waals surface area (Å²) in [5.74, 6) is -0.931. The Morgan fingerprint density at radius 3 is 1.72 bits per heavy atom. The Morgan fingerprint density at radius 1 is 0.944 bits per heavy atom. The number of ketones is 1. The van der Waals surface area contributed by atoms with Crippen molar-refractivity contribution in [1.82, 2.24) is 0 Å². The molecule has 0 fully saturated rings. The van der Waals surface area contributed by atoms with E-state index in [1.54, 1.807) is 0 Å². The summed E-state index contributed by atoms with van der Waals surface area (Å²) >= 11 is 0. The Bertz CT molecular complexity index is 484. The average molecular weight is 270 g/mol. The third-order valence-electron chi connectivity index (χ3n) is 2.35. The molecule has 0 saturated heterocycles. The SMILES string of the molecule is CC(=O)c1cc(C)c(C(F)(F)F)cc1C(F)(F)F. The quantitative estimate of drug-likeness (QED) is 0.551. The number of alkyl halides is 6. The molecule has 1 nitrogen and oxygen atoms in total. The molecule has 0 aliphatic rings. The second-order valence-electron chi connectivity index (χ2n) is 3.76. The standard InChI is InChI=1S/C11H8F6O/c1-5-3-7(6(2)18)9(11(15,16)17)4-8(5)10(12,13)14/h3-4H,1-2H3. The monoisotopic (exact) mass is 270 g/mol. The molecule has 1 aromatic carbocycles. The summed E-state index contributed by atoms with van der Waals surface area (Å²) in [6, 6.07) is 0.597. The second-order valence-corrected chi connectivity index (χ2v) is 3.76. The Kier molecular flexibility index (Phi) is 3.47. The van der Waals surface area contributed by atoms with Crippen molar-refractivity contribution >= 4 is 5.78 Å². The van der Waals surface area contributed by atoms with Gasteiger partial charge in [0, 0.05) is 5.56 Å². The maximum absolute atomic E-state index is 12.6. The maximum Gasteiger partial charge on any atom is 0.417 e. The third-order valence-corrected chi connectivity index (χ3v) is 2.35. The lowest BCUT2D eigenvalue weighted by molar-refractivity contribution is -0.143. The van der Waals surface area contributed by atoms with Gasteiger partial charge in [-0.25, -0.2) is 0 Å². The zero-order chi connectivity index (χ0) is 14.3. The van der Waals surface area contributed by atoms with E-state index >= 15 is 0 Å². The van der Waals surface area contributed by atoms with Gasteiger partial charge in [0.15, 0.2) is 5.78 Å². The van der Waals surface area contributed by atoms with Crippen LogP contribution >= 0.6 is 0 Å². The van der Waals surface area contributed by atoms with Gasteiger partial charge < -0.3 is 0 Å². The first kappa shape index (κ1) is 14.5. The van der Waals surface area contributed by atoms with Gasteiger partial charge in [0.2, 0.25) is 0 Å². The van der Waals surface area contributed by atoms with Crippen LogP contribution in [0.2, 0.25) is 0 Å². The van der Waals surface area contributed by atoms with E-state index in [-0.39, 0.29) is 6.07 Å². The van der Waals surface area contributed by atoms with Crippen LogP contribution < -0.4 is 0 Å². The summed E-state index contributed by atoms with van der Waals surface area (Å²) in [5.41, 5.74) is -4.12. The van der Waals surface area contributed by atoms with E-state index in [1.165, 1.54) is 0 Å². The molecule has 0 saturated carbocycles. The summed E-state index contributed by atoms with van der Waals surface area (Å²) in [7, 11) is 0. The summed E-state index contributed by atoms with van der Waals surface area (Å²) in [6.07, 6.45) is -9.89. The van der Waals surface area contributed by atoms with E-state index in [2.05, 4.69) is 0 Å². The lowest BCUT2D eigenvalue weighted by Crippen LogP contribution is -2.16. The lowest BCUT2D eigenvalue weighted by atomic mass is 9.96. The normalized spacial score (nSPS) is 12.7. The van der Waals surface area contributed by atoms with Crippen molar-refractivity contribution in [3.8, 4) is 0 Å². The summed E-state index contributed by atoms with van der Waals surface area (Å²) in [5, 5.41) is 0. The smallest absolute Gasteiger partial charge is 0.294 e. The second kappa shape index (κ2) is 4.29. The molecule has 18 heavy (non-hydrogen) atoms. The van der Waals surface area contributed by atoms with Crippen LogP contribution in [0.4, 0.5) is 26.3 Å². The van der Waals surface area contributed by atoms with E-state index in [1.807, 2.05) is 0 Å². The minimum Gasteiger partial charge on any atom is -0.294 e. The van der Waals surface area contributed by atoms with Crippen LogP contribution in [-0.4, -0.2) is 5.78 Å². The molecule has 0 radical (unpaired) electrons. The molecule has 0 heterocycles. The average Bonchev–Trinajstić information content (AvgIpc) is 2.12. The van der Waals surface area contributed by atoms with Gasteiger partial charge in [-0.15, -0.1) is 0 Å². The van der Waals surface area contributed by atoms with Crippen LogP contribution in [0.1, 0.15) is 34.0 Å². The lowest BCUT2D eigenvalue weighted by Gasteiger charge is -2.16. The minimum absolute atomic E-state index is 0.0218. The van der Waals surface area contributed by atoms with Gasteiger partial charge in [0.05, 0.1) is 11.1 Å². The highest BCUT2D eigenvalue weighted by molar-refractivity contribution is 5.96. The first-order valence-corrected chi connectivity index (χ1v) is 4.74. The molecule has 0 amide bonds. The first-order valence-electron chi connectivity index (χ1n) is 4.74. The molecule has 0 atom stereocenters. The largest absolute Gasteiger partial charge is 0.417 e. The zero-order valence-electron chi connectivity index (χ0n) is 9.33. The number of hydrogen-bond acceptors (Lipinski definition) is 1. The minimum atomic E-state index is -5.01. The molecule has 0 aromatic heterocycles. The highest BCUT2D eigenvalue weighted by Gasteiger charge is 2.40. The van der Waals surface area contributed by atoms with Crippen molar-refractivity contribution in [3.05, 3.63) is 34.4 Å². The zero-order valence-corrected chi connectivity index (χ0v) is 9.33. The van der Waals surface area contributed by atoms with E-state index in [0.29, 0.717) is 6.07 Å². The number of carbonyl (C=O) groups excluding carboxylic acids is 1. The molecule has 0 aliphatic heterocycles. The van der Waals surface area contributed by atoms with Crippen molar-refractivity contribution < 1.29 is 31.1 Å². The third kappa shape index (κ3) is 2.83. The summed E-state index contributed by atoms with van der Waals surface area (Å²) < 4.78 is 75.3. The van der Waals surface area contributed by atoms with Crippen LogP contribution in [0.15, 0.2) is 12.1 Å². The van der Waals surface area contributed by atoms with Crippen molar-refractivity contribution in [1.29, 1.82) is 0 Å². The van der Waals surface area contributed by atoms with E-state index in [9.17, 15) is 31.1 Å². The highest BCUT2D eigenvalue weighted by Crippen LogP contribution is 2.39. The van der Waals surface area contributed by atoms with E-state index in [4.69, 9.17) is 0 Å². The molecule has 0 unspecified atom stereocenters. The fraction of sp³-hybridized carbons (Fsp3) is 0.364. The van der Waals surface area contributed by atoms with Crippen LogP contribution in [0, 0.1) is 6.92 Å². The Balaban J connectivity index is 3.62. The molecular weight excluding hydrogens is 262 g/mol. The number of aryl methyl sites for hydroxylation is 1. The molecular formula is C11H8F6O. The number of rotatable bonds is 1. The van der Waals surface area contributed by atoms with Gasteiger partial charge in [0.25, 0.3) is 0 Å². The number of halogens is 6. The van der Waals surface area contributed by atoms with Crippen LogP contribution in [0.25, 0.3) is 0 Å². The van der Waals surface area contributed by atoms with Gasteiger partial charge in [0.1, 0.15) is 0 Å². The van der Waals surface area contributed by atoms with Crippen LogP contribution in [0.3, 0.4) is 0 Å². The molecule has 1 aromatic rings. The number of benzene rings is 1. The van der Waals surface area contributed by atoms with Gasteiger partial charge in [-0.2, -0.15) is 26.3 Å². The number of hydrogen-bond donors (Lipinski definition) is 0. The predicted octanol–water partition coefficient (Wildman–Crippen LogP) is 4.24. The molecule has 7 heteroatoms. The van der Waals surface area contributed by atoms with Gasteiger partial charge in [-0.3, -0.25) is 4.79 Å². The van der Waals surface area contributed by atoms with Crippen LogP contribution in [-0.2, 0) is 12.4 Å². The molecule has 0 spiro atoms. The molecule has 0 N–H and O–H groups in total. The van der Waals surface area contributed by atoms with Crippen LogP contribution in [0.5, 0.6) is 0 Å². The fourth-order valence-corrected chi connectivity index (χ4v) is 1.54. The molecule has 1 rings (SSSR count). The van der Waals surface area contributed by atoms with Crippen molar-refractivity contribution in [2.75, 3.05) is 0 Å². The van der Waals surface area contributed by atoms with E-state index in [0.717, 1.165) is 13.8 Å². The van der Waals surface area contributed by atoms with Gasteiger partial charge in [-0.1, -0.05) is 0 Å². The van der Waals surface area contributed by atoms with Crippen molar-refractivity contribution in [2.24, 2.45) is 0 Å². The topological polar surface area (TPSA) is 17.1 Å². The number of carbonyl (C=O) groups is 1. The molecule has 100 valence electrons. The van der Waals surface area contributed by atoms with E-state index < -0.39 is 40.4 Å². The van der Waals surface area contributed by atoms with Gasteiger partial charge >= 0.3 is 12.4 Å².